The van der Waals surface area contributed by atoms with Crippen LogP contribution in [0.25, 0.3) is 0 Å². The summed E-state index contributed by atoms with van der Waals surface area (Å²) in [6, 6.07) is 5.69. The minimum atomic E-state index is -0.505. The highest BCUT2D eigenvalue weighted by Crippen LogP contribution is 2.36. The van der Waals surface area contributed by atoms with Gasteiger partial charge in [0.1, 0.15) is 13.2 Å². The summed E-state index contributed by atoms with van der Waals surface area (Å²) >= 11 is 0. The second-order valence-corrected chi connectivity index (χ2v) is 5.79. The summed E-state index contributed by atoms with van der Waals surface area (Å²) in [5.41, 5.74) is 1.14. The second kappa shape index (κ2) is 5.62. The molecule has 1 unspecified atom stereocenters. The highest BCUT2D eigenvalue weighted by atomic mass is 16.6. The van der Waals surface area contributed by atoms with E-state index >= 15 is 0 Å². The second-order valence-electron chi connectivity index (χ2n) is 5.79. The van der Waals surface area contributed by atoms with Gasteiger partial charge in [0.05, 0.1) is 6.10 Å². The van der Waals surface area contributed by atoms with Gasteiger partial charge < -0.3 is 19.9 Å². The molecule has 20 heavy (non-hydrogen) atoms. The summed E-state index contributed by atoms with van der Waals surface area (Å²) < 4.78 is 11.1. The van der Waals surface area contributed by atoms with Gasteiger partial charge in [0.25, 0.3) is 0 Å². The minimum absolute atomic E-state index is 0.259. The van der Waals surface area contributed by atoms with Gasteiger partial charge in [0.2, 0.25) is 0 Å². The Bertz CT molecular complexity index is 465. The molecule has 3 rings (SSSR count). The van der Waals surface area contributed by atoms with E-state index in [1.54, 1.807) is 0 Å². The van der Waals surface area contributed by atoms with Gasteiger partial charge in [-0.3, -0.25) is 0 Å². The Hall–Kier alpha value is -1.26. The average molecular weight is 277 g/mol. The zero-order chi connectivity index (χ0) is 14.0. The number of β-amino-alcohol motifs (C(OH)–C–C–N with tert-alkyl or cyclic N) is 1. The van der Waals surface area contributed by atoms with Crippen LogP contribution in [-0.2, 0) is 0 Å². The fourth-order valence-corrected chi connectivity index (χ4v) is 2.96. The summed E-state index contributed by atoms with van der Waals surface area (Å²) in [5.74, 6) is 1.51. The van der Waals surface area contributed by atoms with Crippen LogP contribution in [0.3, 0.4) is 0 Å². The van der Waals surface area contributed by atoms with Crippen LogP contribution >= 0.6 is 0 Å². The van der Waals surface area contributed by atoms with E-state index < -0.39 is 6.10 Å². The quantitative estimate of drug-likeness (QED) is 0.868. The molecule has 1 aromatic rings. The Morgan fingerprint density at radius 2 is 2.00 bits per heavy atom. The van der Waals surface area contributed by atoms with Crippen LogP contribution in [0.2, 0.25) is 0 Å². The summed E-state index contributed by atoms with van der Waals surface area (Å²) in [7, 11) is 0. The van der Waals surface area contributed by atoms with E-state index in [0.717, 1.165) is 23.5 Å². The van der Waals surface area contributed by atoms with Crippen LogP contribution < -0.4 is 14.8 Å². The molecule has 0 radical (unpaired) electrons. The average Bonchev–Trinajstić information content (AvgIpc) is 2.46. The maximum atomic E-state index is 10.3. The zero-order valence-corrected chi connectivity index (χ0v) is 12.0. The van der Waals surface area contributed by atoms with Crippen molar-refractivity contribution in [3.8, 4) is 11.5 Å². The van der Waals surface area contributed by atoms with Crippen LogP contribution in [-0.4, -0.2) is 30.4 Å². The van der Waals surface area contributed by atoms with E-state index in [1.165, 1.54) is 19.3 Å². The third-order valence-corrected chi connectivity index (χ3v) is 4.61. The smallest absolute Gasteiger partial charge is 0.161 e. The fourth-order valence-electron chi connectivity index (χ4n) is 2.96. The molecule has 0 bridgehead atoms. The lowest BCUT2D eigenvalue weighted by molar-refractivity contribution is 0.118. The van der Waals surface area contributed by atoms with E-state index in [-0.39, 0.29) is 5.54 Å². The molecule has 0 spiro atoms. The standard InChI is InChI=1S/C16H23NO3/c1-2-16(6-3-7-16)17-11-13(18)12-4-5-14-15(10-12)20-9-8-19-14/h4-5,10,13,17-18H,2-3,6-9,11H2,1H3. The van der Waals surface area contributed by atoms with Crippen molar-refractivity contribution in [2.24, 2.45) is 0 Å². The van der Waals surface area contributed by atoms with Crippen molar-refractivity contribution in [3.63, 3.8) is 0 Å². The van der Waals surface area contributed by atoms with Gasteiger partial charge in [-0.05, 0) is 43.4 Å². The minimum Gasteiger partial charge on any atom is -0.486 e. The van der Waals surface area contributed by atoms with Gasteiger partial charge in [-0.2, -0.15) is 0 Å². The monoisotopic (exact) mass is 277 g/mol. The lowest BCUT2D eigenvalue weighted by Gasteiger charge is -2.42. The van der Waals surface area contributed by atoms with Gasteiger partial charge in [-0.25, -0.2) is 0 Å². The van der Waals surface area contributed by atoms with Crippen molar-refractivity contribution < 1.29 is 14.6 Å². The number of ether oxygens (including phenoxy) is 2. The summed E-state index contributed by atoms with van der Waals surface area (Å²) in [6.45, 7) is 3.97. The molecule has 1 atom stereocenters. The van der Waals surface area contributed by atoms with E-state index in [0.29, 0.717) is 19.8 Å². The molecule has 1 aliphatic carbocycles. The lowest BCUT2D eigenvalue weighted by Crippen LogP contribution is -2.51. The predicted molar refractivity (Wildman–Crippen MR) is 77.3 cm³/mol. The van der Waals surface area contributed by atoms with E-state index in [4.69, 9.17) is 9.47 Å². The molecule has 1 fully saturated rings. The molecule has 1 heterocycles. The first kappa shape index (κ1) is 13.7. The number of aliphatic hydroxyl groups is 1. The molecular formula is C16H23NO3. The molecule has 4 heteroatoms. The number of rotatable bonds is 5. The van der Waals surface area contributed by atoms with E-state index in [1.807, 2.05) is 18.2 Å². The van der Waals surface area contributed by atoms with Crippen molar-refractivity contribution in [1.82, 2.24) is 5.32 Å². The molecule has 1 aliphatic heterocycles. The Morgan fingerprint density at radius 3 is 2.65 bits per heavy atom. The number of hydrogen-bond donors (Lipinski definition) is 2. The van der Waals surface area contributed by atoms with Crippen LogP contribution in [0, 0.1) is 0 Å². The third kappa shape index (κ3) is 2.63. The van der Waals surface area contributed by atoms with Gasteiger partial charge in [-0.1, -0.05) is 13.0 Å². The predicted octanol–water partition coefficient (Wildman–Crippen LogP) is 2.41. The molecule has 2 aliphatic rings. The normalized spacial score (nSPS) is 21.1. The molecule has 1 saturated carbocycles. The molecule has 4 nitrogen and oxygen atoms in total. The number of benzene rings is 1. The maximum absolute atomic E-state index is 10.3. The fraction of sp³-hybridized carbons (Fsp3) is 0.625. The summed E-state index contributed by atoms with van der Waals surface area (Å²) in [5, 5.41) is 13.9. The number of nitrogens with one attached hydrogen (secondary N) is 1. The Morgan fingerprint density at radius 1 is 1.25 bits per heavy atom. The first-order chi connectivity index (χ1) is 9.72. The van der Waals surface area contributed by atoms with Crippen molar-refractivity contribution >= 4 is 0 Å². The molecule has 0 saturated heterocycles. The van der Waals surface area contributed by atoms with Gasteiger partial charge in [-0.15, -0.1) is 0 Å². The van der Waals surface area contributed by atoms with Gasteiger partial charge >= 0.3 is 0 Å². The largest absolute Gasteiger partial charge is 0.486 e. The number of hydrogen-bond acceptors (Lipinski definition) is 4. The Labute approximate surface area is 120 Å². The number of aliphatic hydroxyl groups excluding tert-OH is 1. The molecule has 1 aromatic carbocycles. The zero-order valence-electron chi connectivity index (χ0n) is 12.0. The first-order valence-corrected chi connectivity index (χ1v) is 7.55. The van der Waals surface area contributed by atoms with Crippen molar-refractivity contribution in [2.45, 2.75) is 44.2 Å². The molecule has 2 N–H and O–H groups in total. The molecule has 110 valence electrons. The maximum Gasteiger partial charge on any atom is 0.161 e. The lowest BCUT2D eigenvalue weighted by atomic mass is 9.75. The number of fused-ring (bicyclic) bond motifs is 1. The summed E-state index contributed by atoms with van der Waals surface area (Å²) in [6.07, 6.45) is 4.35. The van der Waals surface area contributed by atoms with Crippen molar-refractivity contribution in [2.75, 3.05) is 19.8 Å². The highest BCUT2D eigenvalue weighted by Gasteiger charge is 2.34. The van der Waals surface area contributed by atoms with Gasteiger partial charge in [0, 0.05) is 12.1 Å². The third-order valence-electron chi connectivity index (χ3n) is 4.61. The van der Waals surface area contributed by atoms with E-state index in [2.05, 4.69) is 12.2 Å². The van der Waals surface area contributed by atoms with E-state index in [9.17, 15) is 5.11 Å². The first-order valence-electron chi connectivity index (χ1n) is 7.55. The molecule has 0 amide bonds. The van der Waals surface area contributed by atoms with Crippen LogP contribution in [0.5, 0.6) is 11.5 Å². The summed E-state index contributed by atoms with van der Waals surface area (Å²) in [4.78, 5) is 0. The van der Waals surface area contributed by atoms with Gasteiger partial charge in [0.15, 0.2) is 11.5 Å². The topological polar surface area (TPSA) is 50.7 Å². The van der Waals surface area contributed by atoms with Crippen LogP contribution in [0.15, 0.2) is 18.2 Å². The Kier molecular flexibility index (Phi) is 3.85. The Balaban J connectivity index is 1.63. The van der Waals surface area contributed by atoms with Crippen molar-refractivity contribution in [1.29, 1.82) is 0 Å². The highest BCUT2D eigenvalue weighted by molar-refractivity contribution is 5.44. The molecular weight excluding hydrogens is 254 g/mol. The van der Waals surface area contributed by atoms with Crippen molar-refractivity contribution in [3.05, 3.63) is 23.8 Å². The SMILES string of the molecule is CCC1(NCC(O)c2ccc3c(c2)OCCO3)CCC1. The van der Waals surface area contributed by atoms with Crippen LogP contribution in [0.1, 0.15) is 44.3 Å². The van der Waals surface area contributed by atoms with Crippen LogP contribution in [0.4, 0.5) is 0 Å². The molecule has 0 aromatic heterocycles.